The highest BCUT2D eigenvalue weighted by atomic mass is 16.5. The molecule has 6 rings (SSSR count). The van der Waals surface area contributed by atoms with Crippen LogP contribution in [0.4, 0.5) is 0 Å². The maximum absolute atomic E-state index is 14.1. The van der Waals surface area contributed by atoms with Gasteiger partial charge in [-0.3, -0.25) is 14.4 Å². The molecule has 3 aromatic carbocycles. The fourth-order valence-electron chi connectivity index (χ4n) is 5.57. The van der Waals surface area contributed by atoms with Crippen molar-refractivity contribution in [3.05, 3.63) is 102 Å². The van der Waals surface area contributed by atoms with E-state index in [2.05, 4.69) is 20.7 Å². The predicted molar refractivity (Wildman–Crippen MR) is 179 cm³/mol. The van der Waals surface area contributed by atoms with Crippen LogP contribution in [0.5, 0.6) is 11.5 Å². The summed E-state index contributed by atoms with van der Waals surface area (Å²) in [4.78, 5) is 51.5. The average molecular weight is 664 g/mol. The summed E-state index contributed by atoms with van der Waals surface area (Å²) in [6.45, 7) is 4.27. The van der Waals surface area contributed by atoms with Gasteiger partial charge in [0.15, 0.2) is 23.1 Å². The number of ether oxygens (including phenoxy) is 2. The van der Waals surface area contributed by atoms with Gasteiger partial charge < -0.3 is 25.0 Å². The predicted octanol–water partition coefficient (Wildman–Crippen LogP) is 3.31. The third kappa shape index (κ3) is 7.43. The Kier molecular flexibility index (Phi) is 9.93. The van der Waals surface area contributed by atoms with Crippen molar-refractivity contribution in [2.75, 3.05) is 33.4 Å². The minimum atomic E-state index is -0.551. The quantitative estimate of drug-likeness (QED) is 0.288. The van der Waals surface area contributed by atoms with E-state index in [1.165, 1.54) is 29.3 Å². The molecule has 0 unspecified atom stereocenters. The maximum atomic E-state index is 14.1. The zero-order chi connectivity index (χ0) is 34.3. The Labute approximate surface area is 283 Å². The Balaban J connectivity index is 1.38. The average Bonchev–Trinajstić information content (AvgIpc) is 3.81. The van der Waals surface area contributed by atoms with E-state index in [1.54, 1.807) is 47.1 Å². The molecular formula is C35H37N9O5. The number of rotatable bonds is 5. The van der Waals surface area contributed by atoms with Gasteiger partial charge in [0.25, 0.3) is 11.8 Å². The smallest absolute Gasteiger partial charge is 0.256 e. The van der Waals surface area contributed by atoms with Crippen LogP contribution >= 0.6 is 0 Å². The number of benzene rings is 3. The van der Waals surface area contributed by atoms with E-state index in [1.807, 2.05) is 44.2 Å². The lowest BCUT2D eigenvalue weighted by Gasteiger charge is -2.26. The fourth-order valence-corrected chi connectivity index (χ4v) is 5.57. The molecule has 0 aliphatic carbocycles. The summed E-state index contributed by atoms with van der Waals surface area (Å²) in [5, 5.41) is 15.0. The van der Waals surface area contributed by atoms with Gasteiger partial charge >= 0.3 is 0 Å². The van der Waals surface area contributed by atoms with Gasteiger partial charge in [-0.2, -0.15) is 10.2 Å². The largest absolute Gasteiger partial charge is 0.493 e. The summed E-state index contributed by atoms with van der Waals surface area (Å²) in [6.07, 6.45) is 2.87. The van der Waals surface area contributed by atoms with Crippen LogP contribution in [-0.2, 0) is 11.3 Å². The SMILES string of the molecule is COc1ccc2cc1OCCn1nc(-c3ccccc3)nc1[C@@H](C(C)C)NC(=O)CN(C(=O)c1ccccc1-n1cncn1)CCNC2=O. The molecule has 3 amide bonds. The molecule has 3 heterocycles. The van der Waals surface area contributed by atoms with E-state index in [0.29, 0.717) is 40.0 Å². The van der Waals surface area contributed by atoms with Crippen LogP contribution in [0.2, 0.25) is 0 Å². The van der Waals surface area contributed by atoms with Gasteiger partial charge in [0.05, 0.1) is 37.5 Å². The van der Waals surface area contributed by atoms with Crippen LogP contribution in [0.1, 0.15) is 46.4 Å². The molecule has 1 aliphatic heterocycles. The minimum absolute atomic E-state index is 0.0455. The van der Waals surface area contributed by atoms with E-state index in [-0.39, 0.29) is 44.6 Å². The molecule has 2 N–H and O–H groups in total. The van der Waals surface area contributed by atoms with Crippen molar-refractivity contribution in [1.82, 2.24) is 45.1 Å². The van der Waals surface area contributed by atoms with Crippen molar-refractivity contribution in [3.8, 4) is 28.6 Å². The monoisotopic (exact) mass is 663 g/mol. The zero-order valence-corrected chi connectivity index (χ0v) is 27.4. The van der Waals surface area contributed by atoms with Gasteiger partial charge in [-0.15, -0.1) is 0 Å². The Morgan fingerprint density at radius 1 is 1.00 bits per heavy atom. The van der Waals surface area contributed by atoms with E-state index < -0.39 is 17.9 Å². The van der Waals surface area contributed by atoms with Crippen molar-refractivity contribution in [3.63, 3.8) is 0 Å². The van der Waals surface area contributed by atoms with Crippen molar-refractivity contribution >= 4 is 17.7 Å². The highest BCUT2D eigenvalue weighted by molar-refractivity contribution is 5.99. The number of fused-ring (bicyclic) bond motifs is 3. The topological polar surface area (TPSA) is 158 Å². The van der Waals surface area contributed by atoms with Crippen molar-refractivity contribution in [1.29, 1.82) is 0 Å². The zero-order valence-electron chi connectivity index (χ0n) is 27.4. The second-order valence-electron chi connectivity index (χ2n) is 11.7. The molecule has 1 atom stereocenters. The third-order valence-corrected chi connectivity index (χ3v) is 8.07. The van der Waals surface area contributed by atoms with E-state index >= 15 is 0 Å². The number of carbonyl (C=O) groups is 3. The molecule has 0 radical (unpaired) electrons. The van der Waals surface area contributed by atoms with Crippen LogP contribution in [0.3, 0.4) is 0 Å². The van der Waals surface area contributed by atoms with Crippen LogP contribution in [0.25, 0.3) is 17.1 Å². The first-order valence-corrected chi connectivity index (χ1v) is 15.9. The summed E-state index contributed by atoms with van der Waals surface area (Å²) >= 11 is 0. The summed E-state index contributed by atoms with van der Waals surface area (Å²) in [5.74, 6) is 0.626. The number of hydrogen-bond acceptors (Lipinski definition) is 9. The van der Waals surface area contributed by atoms with E-state index in [0.717, 1.165) is 5.56 Å². The van der Waals surface area contributed by atoms with Gasteiger partial charge in [-0.25, -0.2) is 19.3 Å². The van der Waals surface area contributed by atoms with Crippen LogP contribution < -0.4 is 20.1 Å². The third-order valence-electron chi connectivity index (χ3n) is 8.07. The Hall–Kier alpha value is -6.05. The number of nitrogens with one attached hydrogen (secondary N) is 2. The molecular weight excluding hydrogens is 626 g/mol. The van der Waals surface area contributed by atoms with Crippen LogP contribution in [0, 0.1) is 5.92 Å². The molecule has 5 aromatic rings. The second kappa shape index (κ2) is 14.8. The van der Waals surface area contributed by atoms with Gasteiger partial charge in [0.2, 0.25) is 5.91 Å². The van der Waals surface area contributed by atoms with Crippen molar-refractivity contribution in [2.45, 2.75) is 26.4 Å². The highest BCUT2D eigenvalue weighted by Crippen LogP contribution is 2.29. The van der Waals surface area contributed by atoms with Gasteiger partial charge in [0.1, 0.15) is 19.3 Å². The molecule has 0 saturated carbocycles. The molecule has 49 heavy (non-hydrogen) atoms. The first-order valence-electron chi connectivity index (χ1n) is 15.9. The standard InChI is InChI=1S/C35H37N9O5/c1-23(2)31-33-40-32(24-9-5-4-6-10-24)41-43(33)17-18-49-29-19-25(13-14-28(29)48-3)34(46)37-15-16-42(20-30(45)39-31)35(47)26-11-7-8-12-27(26)44-22-36-21-38-44/h4-14,19,21-23,31H,15-18,20H2,1-3H3,(H,37,46)(H,39,45)/t31-/m1/s1. The Bertz CT molecular complexity index is 1920. The molecule has 252 valence electrons. The molecule has 0 spiro atoms. The normalized spacial score (nSPS) is 15.8. The minimum Gasteiger partial charge on any atom is -0.493 e. The first-order chi connectivity index (χ1) is 23.8. The van der Waals surface area contributed by atoms with Crippen molar-refractivity contribution < 1.29 is 23.9 Å². The molecule has 14 heteroatoms. The molecule has 2 bridgehead atoms. The van der Waals surface area contributed by atoms with Gasteiger partial charge in [-0.1, -0.05) is 56.3 Å². The summed E-state index contributed by atoms with van der Waals surface area (Å²) in [5.41, 5.74) is 2.00. The maximum Gasteiger partial charge on any atom is 0.256 e. The number of hydrogen-bond donors (Lipinski definition) is 2. The fraction of sp³-hybridized carbons (Fsp3) is 0.286. The first kappa shape index (κ1) is 32.9. The lowest BCUT2D eigenvalue weighted by atomic mass is 10.0. The van der Waals surface area contributed by atoms with Crippen LogP contribution in [-0.4, -0.2) is 85.5 Å². The number of amides is 3. The summed E-state index contributed by atoms with van der Waals surface area (Å²) in [6, 6.07) is 20.9. The highest BCUT2D eigenvalue weighted by Gasteiger charge is 2.29. The number of aromatic nitrogens is 6. The summed E-state index contributed by atoms with van der Waals surface area (Å²) < 4.78 is 14.8. The molecule has 0 saturated heterocycles. The number of methoxy groups -OCH3 is 1. The van der Waals surface area contributed by atoms with Crippen molar-refractivity contribution in [2.24, 2.45) is 5.92 Å². The Morgan fingerprint density at radius 3 is 2.55 bits per heavy atom. The molecule has 1 aliphatic rings. The number of nitrogens with zero attached hydrogens (tertiary/aromatic N) is 7. The lowest BCUT2D eigenvalue weighted by Crippen LogP contribution is -2.46. The molecule has 14 nitrogen and oxygen atoms in total. The van der Waals surface area contributed by atoms with Crippen LogP contribution in [0.15, 0.2) is 85.5 Å². The van der Waals surface area contributed by atoms with Gasteiger partial charge in [0, 0.05) is 24.2 Å². The summed E-state index contributed by atoms with van der Waals surface area (Å²) in [7, 11) is 1.53. The molecule has 2 aromatic heterocycles. The number of carbonyl (C=O) groups excluding carboxylic acids is 3. The van der Waals surface area contributed by atoms with Gasteiger partial charge in [-0.05, 0) is 36.2 Å². The number of para-hydroxylation sites is 1. The second-order valence-corrected chi connectivity index (χ2v) is 11.7. The Morgan fingerprint density at radius 2 is 1.80 bits per heavy atom. The van der Waals surface area contributed by atoms with E-state index in [4.69, 9.17) is 19.6 Å². The lowest BCUT2D eigenvalue weighted by molar-refractivity contribution is -0.123. The molecule has 0 fully saturated rings. The van der Waals surface area contributed by atoms with E-state index in [9.17, 15) is 14.4 Å².